The van der Waals surface area contributed by atoms with Crippen molar-refractivity contribution >= 4 is 21.7 Å². The summed E-state index contributed by atoms with van der Waals surface area (Å²) in [5, 5.41) is 12.7. The number of anilines is 1. The molecule has 6 nitrogen and oxygen atoms in total. The Kier molecular flexibility index (Phi) is 6.87. The molecule has 3 aromatic carbocycles. The minimum atomic E-state index is -3.89. The Morgan fingerprint density at radius 3 is 2.23 bits per heavy atom. The van der Waals surface area contributed by atoms with E-state index in [9.17, 15) is 18.3 Å². The third-order valence-corrected chi connectivity index (χ3v) is 6.27. The van der Waals surface area contributed by atoms with Crippen LogP contribution in [0.5, 0.6) is 0 Å². The smallest absolute Gasteiger partial charge is 0.337 e. The molecular formula is C23H24N2O4S. The largest absolute Gasteiger partial charge is 0.478 e. The third-order valence-electron chi connectivity index (χ3n) is 4.74. The van der Waals surface area contributed by atoms with Crippen molar-refractivity contribution in [3.63, 3.8) is 0 Å². The number of hydrogen-bond donors (Lipinski definition) is 3. The lowest BCUT2D eigenvalue weighted by atomic mass is 10.1. The van der Waals surface area contributed by atoms with E-state index in [4.69, 9.17) is 0 Å². The first kappa shape index (κ1) is 21.5. The van der Waals surface area contributed by atoms with Crippen molar-refractivity contribution in [3.05, 3.63) is 95.6 Å². The van der Waals surface area contributed by atoms with Crippen molar-refractivity contribution in [2.24, 2.45) is 0 Å². The maximum atomic E-state index is 12.8. The molecule has 0 heterocycles. The molecular weight excluding hydrogens is 400 g/mol. The second-order valence-electron chi connectivity index (χ2n) is 6.93. The van der Waals surface area contributed by atoms with Crippen LogP contribution in [0.25, 0.3) is 0 Å². The predicted octanol–water partition coefficient (Wildman–Crippen LogP) is 4.08. The molecule has 0 saturated carbocycles. The first-order valence-electron chi connectivity index (χ1n) is 9.59. The Balaban J connectivity index is 1.75. The number of rotatable bonds is 9. The number of carboxylic acid groups (broad SMARTS) is 1. The Hall–Kier alpha value is -3.16. The summed E-state index contributed by atoms with van der Waals surface area (Å²) in [5.41, 5.74) is 2.24. The number of aromatic carboxylic acids is 1. The SMILES string of the molecule is C[C@H](NS(=O)(=O)c1ccc(NCCc2ccccc2)c(C(=O)O)c1)c1ccccc1. The molecule has 3 aromatic rings. The number of carboxylic acids is 1. The van der Waals surface area contributed by atoms with Crippen LogP contribution in [0.4, 0.5) is 5.69 Å². The molecule has 0 bridgehead atoms. The van der Waals surface area contributed by atoms with Crippen LogP contribution >= 0.6 is 0 Å². The Bertz CT molecular complexity index is 1100. The molecule has 30 heavy (non-hydrogen) atoms. The molecule has 0 amide bonds. The monoisotopic (exact) mass is 424 g/mol. The summed E-state index contributed by atoms with van der Waals surface area (Å²) in [7, 11) is -3.89. The first-order chi connectivity index (χ1) is 14.4. The summed E-state index contributed by atoms with van der Waals surface area (Å²) in [5.74, 6) is -1.19. The summed E-state index contributed by atoms with van der Waals surface area (Å²) in [6.45, 7) is 2.27. The zero-order chi connectivity index (χ0) is 21.6. The molecule has 0 unspecified atom stereocenters. The van der Waals surface area contributed by atoms with E-state index in [-0.39, 0.29) is 10.5 Å². The average Bonchev–Trinajstić information content (AvgIpc) is 2.74. The van der Waals surface area contributed by atoms with Gasteiger partial charge in [-0.05, 0) is 42.7 Å². The van der Waals surface area contributed by atoms with Crippen molar-refractivity contribution in [2.75, 3.05) is 11.9 Å². The van der Waals surface area contributed by atoms with Gasteiger partial charge in [0.2, 0.25) is 10.0 Å². The first-order valence-corrected chi connectivity index (χ1v) is 11.1. The van der Waals surface area contributed by atoms with E-state index in [1.54, 1.807) is 6.92 Å². The fraction of sp³-hybridized carbons (Fsp3) is 0.174. The number of nitrogens with one attached hydrogen (secondary N) is 2. The molecule has 1 atom stereocenters. The maximum absolute atomic E-state index is 12.8. The fourth-order valence-electron chi connectivity index (χ4n) is 3.12. The highest BCUT2D eigenvalue weighted by Gasteiger charge is 2.21. The van der Waals surface area contributed by atoms with E-state index in [1.807, 2.05) is 60.7 Å². The van der Waals surface area contributed by atoms with E-state index in [0.717, 1.165) is 17.5 Å². The predicted molar refractivity (Wildman–Crippen MR) is 117 cm³/mol. The molecule has 0 aromatic heterocycles. The summed E-state index contributed by atoms with van der Waals surface area (Å²) in [6, 6.07) is 22.6. The normalized spacial score (nSPS) is 12.3. The lowest BCUT2D eigenvalue weighted by molar-refractivity contribution is 0.0697. The van der Waals surface area contributed by atoms with Crippen LogP contribution in [-0.4, -0.2) is 26.0 Å². The highest BCUT2D eigenvalue weighted by Crippen LogP contribution is 2.23. The highest BCUT2D eigenvalue weighted by molar-refractivity contribution is 7.89. The van der Waals surface area contributed by atoms with Gasteiger partial charge in [0.1, 0.15) is 0 Å². The number of carbonyl (C=O) groups is 1. The van der Waals surface area contributed by atoms with Crippen molar-refractivity contribution in [2.45, 2.75) is 24.3 Å². The zero-order valence-electron chi connectivity index (χ0n) is 16.6. The molecule has 0 radical (unpaired) electrons. The fourth-order valence-corrected chi connectivity index (χ4v) is 4.38. The summed E-state index contributed by atoms with van der Waals surface area (Å²) in [4.78, 5) is 11.6. The van der Waals surface area contributed by atoms with Gasteiger partial charge < -0.3 is 10.4 Å². The lowest BCUT2D eigenvalue weighted by Gasteiger charge is -2.16. The average molecular weight is 425 g/mol. The van der Waals surface area contributed by atoms with E-state index in [1.165, 1.54) is 18.2 Å². The van der Waals surface area contributed by atoms with Gasteiger partial charge >= 0.3 is 5.97 Å². The second kappa shape index (κ2) is 9.56. The topological polar surface area (TPSA) is 95.5 Å². The summed E-state index contributed by atoms with van der Waals surface area (Å²) in [6.07, 6.45) is 0.718. The maximum Gasteiger partial charge on any atom is 0.337 e. The molecule has 156 valence electrons. The highest BCUT2D eigenvalue weighted by atomic mass is 32.2. The van der Waals surface area contributed by atoms with Crippen LogP contribution in [-0.2, 0) is 16.4 Å². The number of hydrogen-bond acceptors (Lipinski definition) is 4. The van der Waals surface area contributed by atoms with Gasteiger partial charge in [0.25, 0.3) is 0 Å². The van der Waals surface area contributed by atoms with Gasteiger partial charge in [-0.3, -0.25) is 0 Å². The third kappa shape index (κ3) is 5.46. The van der Waals surface area contributed by atoms with E-state index < -0.39 is 22.0 Å². The minimum absolute atomic E-state index is 0.0849. The van der Waals surface area contributed by atoms with Crippen LogP contribution in [0.3, 0.4) is 0 Å². The Morgan fingerprint density at radius 1 is 0.967 bits per heavy atom. The lowest BCUT2D eigenvalue weighted by Crippen LogP contribution is -2.27. The Labute approximate surface area is 176 Å². The molecule has 3 N–H and O–H groups in total. The van der Waals surface area contributed by atoms with Gasteiger partial charge in [-0.2, -0.15) is 0 Å². The van der Waals surface area contributed by atoms with Gasteiger partial charge in [0.05, 0.1) is 10.5 Å². The minimum Gasteiger partial charge on any atom is -0.478 e. The number of sulfonamides is 1. The quantitative estimate of drug-likeness (QED) is 0.481. The molecule has 0 aliphatic heterocycles. The van der Waals surface area contributed by atoms with Crippen LogP contribution in [0.15, 0.2) is 83.8 Å². The van der Waals surface area contributed by atoms with Crippen LogP contribution < -0.4 is 10.0 Å². The second-order valence-corrected chi connectivity index (χ2v) is 8.64. The van der Waals surface area contributed by atoms with Gasteiger partial charge in [-0.15, -0.1) is 0 Å². The van der Waals surface area contributed by atoms with Crippen molar-refractivity contribution in [3.8, 4) is 0 Å². The van der Waals surface area contributed by atoms with Crippen LogP contribution in [0.1, 0.15) is 34.5 Å². The van der Waals surface area contributed by atoms with Gasteiger partial charge in [0, 0.05) is 18.3 Å². The molecule has 7 heteroatoms. The molecule has 3 rings (SSSR count). The van der Waals surface area contributed by atoms with E-state index in [2.05, 4.69) is 10.0 Å². The standard InChI is InChI=1S/C23H24N2O4S/c1-17(19-10-6-3-7-11-19)25-30(28,29)20-12-13-22(21(16-20)23(26)27)24-15-14-18-8-4-2-5-9-18/h2-13,16-17,24-25H,14-15H2,1H3,(H,26,27)/t17-/m0/s1. The number of benzene rings is 3. The van der Waals surface area contributed by atoms with Crippen LogP contribution in [0, 0.1) is 0 Å². The van der Waals surface area contributed by atoms with Crippen molar-refractivity contribution in [1.29, 1.82) is 0 Å². The van der Waals surface area contributed by atoms with Crippen molar-refractivity contribution in [1.82, 2.24) is 4.72 Å². The van der Waals surface area contributed by atoms with Gasteiger partial charge in [-0.25, -0.2) is 17.9 Å². The van der Waals surface area contributed by atoms with Crippen molar-refractivity contribution < 1.29 is 18.3 Å². The van der Waals surface area contributed by atoms with E-state index in [0.29, 0.717) is 12.2 Å². The zero-order valence-corrected chi connectivity index (χ0v) is 17.4. The summed E-state index contributed by atoms with van der Waals surface area (Å²) >= 11 is 0. The molecule has 0 saturated heterocycles. The van der Waals surface area contributed by atoms with Gasteiger partial charge in [-0.1, -0.05) is 60.7 Å². The molecule has 0 aliphatic rings. The molecule has 0 spiro atoms. The van der Waals surface area contributed by atoms with Gasteiger partial charge in [0.15, 0.2) is 0 Å². The molecule has 0 aliphatic carbocycles. The Morgan fingerprint density at radius 2 is 1.60 bits per heavy atom. The van der Waals surface area contributed by atoms with Crippen LogP contribution in [0.2, 0.25) is 0 Å². The molecule has 0 fully saturated rings. The van der Waals surface area contributed by atoms with E-state index >= 15 is 0 Å². The summed E-state index contributed by atoms with van der Waals surface area (Å²) < 4.78 is 28.2.